The molecular weight excluding hydrogens is 479 g/mol. The third-order valence-electron chi connectivity index (χ3n) is 5.58. The molecule has 36 heavy (non-hydrogen) atoms. The van der Waals surface area contributed by atoms with E-state index in [9.17, 15) is 18.0 Å². The molecule has 0 N–H and O–H groups in total. The number of ether oxygens (including phenoxy) is 4. The fraction of sp³-hybridized carbons (Fsp3) is 0.280. The Kier molecular flexibility index (Phi) is 7.37. The van der Waals surface area contributed by atoms with Crippen molar-refractivity contribution < 1.29 is 36.9 Å². The minimum Gasteiger partial charge on any atom is -0.497 e. The van der Waals surface area contributed by atoms with Crippen LogP contribution in [0.2, 0.25) is 0 Å². The summed E-state index contributed by atoms with van der Waals surface area (Å²) in [5, 5.41) is 0. The third-order valence-corrected chi connectivity index (χ3v) is 5.58. The minimum atomic E-state index is -4.47. The molecule has 4 rings (SSSR count). The normalized spacial score (nSPS) is 13.8. The van der Waals surface area contributed by atoms with Crippen molar-refractivity contribution in [2.75, 3.05) is 45.3 Å². The van der Waals surface area contributed by atoms with Gasteiger partial charge in [0.05, 0.1) is 25.5 Å². The molecule has 1 amide bonds. The Balaban J connectivity index is 1.30. The third kappa shape index (κ3) is 5.91. The van der Waals surface area contributed by atoms with Crippen LogP contribution >= 0.6 is 0 Å². The number of pyridine rings is 1. The second kappa shape index (κ2) is 10.6. The zero-order valence-corrected chi connectivity index (χ0v) is 19.6. The number of benzene rings is 2. The van der Waals surface area contributed by atoms with E-state index >= 15 is 0 Å². The van der Waals surface area contributed by atoms with Crippen molar-refractivity contribution in [2.45, 2.75) is 6.18 Å². The van der Waals surface area contributed by atoms with Crippen LogP contribution in [0.25, 0.3) is 0 Å². The molecule has 1 fully saturated rings. The van der Waals surface area contributed by atoms with Gasteiger partial charge in [0.15, 0.2) is 0 Å². The zero-order valence-electron chi connectivity index (χ0n) is 19.6. The lowest BCUT2D eigenvalue weighted by atomic mass is 10.2. The quantitative estimate of drug-likeness (QED) is 0.456. The summed E-state index contributed by atoms with van der Waals surface area (Å²) >= 11 is 0. The Morgan fingerprint density at radius 3 is 2.11 bits per heavy atom. The van der Waals surface area contributed by atoms with Crippen molar-refractivity contribution in [2.24, 2.45) is 0 Å². The number of aromatic nitrogens is 1. The van der Waals surface area contributed by atoms with Crippen molar-refractivity contribution in [3.8, 4) is 28.9 Å². The van der Waals surface area contributed by atoms with Crippen LogP contribution in [0.5, 0.6) is 28.9 Å². The highest BCUT2D eigenvalue weighted by Crippen LogP contribution is 2.33. The molecule has 11 heteroatoms. The number of hydrogen-bond donors (Lipinski definition) is 0. The summed E-state index contributed by atoms with van der Waals surface area (Å²) in [6.07, 6.45) is -4.24. The van der Waals surface area contributed by atoms with Crippen molar-refractivity contribution in [3.63, 3.8) is 0 Å². The first-order chi connectivity index (χ1) is 17.3. The monoisotopic (exact) mass is 503 g/mol. The van der Waals surface area contributed by atoms with E-state index in [1.165, 1.54) is 24.3 Å². The molecule has 0 radical (unpaired) electrons. The molecule has 1 aliphatic rings. The number of alkyl halides is 3. The number of carbonyl (C=O) groups is 1. The average Bonchev–Trinajstić information content (AvgIpc) is 2.89. The van der Waals surface area contributed by atoms with Crippen LogP contribution in [-0.2, 0) is 6.18 Å². The maximum absolute atomic E-state index is 12.6. The summed E-state index contributed by atoms with van der Waals surface area (Å²) in [4.78, 5) is 20.0. The van der Waals surface area contributed by atoms with Gasteiger partial charge in [0.1, 0.15) is 23.0 Å². The minimum absolute atomic E-state index is 0.0131. The molecule has 0 saturated carbocycles. The molecule has 0 atom stereocenters. The number of amides is 1. The lowest BCUT2D eigenvalue weighted by Gasteiger charge is -2.36. The molecule has 0 aliphatic carbocycles. The number of methoxy groups -OCH3 is 2. The molecule has 1 aromatic heterocycles. The zero-order chi connectivity index (χ0) is 25.7. The average molecular weight is 503 g/mol. The number of hydrogen-bond acceptors (Lipinski definition) is 7. The Labute approximate surface area is 205 Å². The number of anilines is 1. The highest BCUT2D eigenvalue weighted by Gasteiger charge is 2.30. The fourth-order valence-electron chi connectivity index (χ4n) is 3.65. The van der Waals surface area contributed by atoms with Crippen LogP contribution < -0.4 is 23.8 Å². The van der Waals surface area contributed by atoms with E-state index < -0.39 is 17.8 Å². The van der Waals surface area contributed by atoms with E-state index in [1.807, 2.05) is 18.2 Å². The number of carbonyl (C=O) groups excluding carboxylic acids is 1. The first-order valence-corrected chi connectivity index (χ1v) is 11.0. The predicted octanol–water partition coefficient (Wildman–Crippen LogP) is 5.23. The van der Waals surface area contributed by atoms with Crippen LogP contribution in [-0.4, -0.2) is 56.4 Å². The van der Waals surface area contributed by atoms with Crippen LogP contribution in [0.1, 0.15) is 5.56 Å². The molecule has 1 aliphatic heterocycles. The van der Waals surface area contributed by atoms with E-state index in [4.69, 9.17) is 18.9 Å². The van der Waals surface area contributed by atoms with Crippen LogP contribution in [0.3, 0.4) is 0 Å². The van der Waals surface area contributed by atoms with E-state index in [1.54, 1.807) is 19.1 Å². The molecule has 2 heterocycles. The van der Waals surface area contributed by atoms with E-state index in [2.05, 4.69) is 9.88 Å². The topological polar surface area (TPSA) is 73.4 Å². The van der Waals surface area contributed by atoms with Crippen LogP contribution in [0, 0.1) is 0 Å². The summed E-state index contributed by atoms with van der Waals surface area (Å²) in [7, 11) is 3.19. The Bertz CT molecular complexity index is 1180. The van der Waals surface area contributed by atoms with Gasteiger partial charge in [0.2, 0.25) is 5.88 Å². The molecule has 1 saturated heterocycles. The lowest BCUT2D eigenvalue weighted by molar-refractivity contribution is -0.137. The maximum Gasteiger partial charge on any atom is 0.417 e. The fourth-order valence-corrected chi connectivity index (χ4v) is 3.65. The predicted molar refractivity (Wildman–Crippen MR) is 125 cm³/mol. The molecule has 2 aromatic carbocycles. The van der Waals surface area contributed by atoms with Crippen molar-refractivity contribution >= 4 is 11.8 Å². The summed E-state index contributed by atoms with van der Waals surface area (Å²) in [5.41, 5.74) is 0.0607. The van der Waals surface area contributed by atoms with Gasteiger partial charge >= 0.3 is 12.3 Å². The van der Waals surface area contributed by atoms with Gasteiger partial charge in [-0.3, -0.25) is 0 Å². The maximum atomic E-state index is 12.6. The van der Waals surface area contributed by atoms with Gasteiger partial charge < -0.3 is 28.7 Å². The second-order valence-corrected chi connectivity index (χ2v) is 7.84. The standard InChI is InChI=1S/C25H24F3N3O5/c1-33-20-8-9-21(22(15-20)34-2)30-11-13-31(14-12-30)24(32)36-19-6-4-18(5-7-19)35-23-10-3-17(16-29-23)25(26,27)28/h3-10,15-16H,11-14H2,1-2H3. The molecule has 8 nitrogen and oxygen atoms in total. The summed E-state index contributed by atoms with van der Waals surface area (Å²) < 4.78 is 59.6. The molecule has 0 bridgehead atoms. The number of piperazine rings is 1. The largest absolute Gasteiger partial charge is 0.497 e. The van der Waals surface area contributed by atoms with Crippen LogP contribution in [0.4, 0.5) is 23.7 Å². The van der Waals surface area contributed by atoms with Crippen molar-refractivity contribution in [1.82, 2.24) is 9.88 Å². The Hall–Kier alpha value is -4.15. The molecule has 3 aromatic rings. The SMILES string of the molecule is COc1ccc(N2CCN(C(=O)Oc3ccc(Oc4ccc(C(F)(F)F)cn4)cc3)CC2)c(OC)c1. The first kappa shape index (κ1) is 25.0. The van der Waals surface area contributed by atoms with Gasteiger partial charge in [0.25, 0.3) is 0 Å². The number of nitrogens with zero attached hydrogens (tertiary/aromatic N) is 3. The molecule has 0 spiro atoms. The summed E-state index contributed by atoms with van der Waals surface area (Å²) in [6.45, 7) is 2.14. The van der Waals surface area contributed by atoms with Crippen molar-refractivity contribution in [1.29, 1.82) is 0 Å². The lowest BCUT2D eigenvalue weighted by Crippen LogP contribution is -2.49. The van der Waals surface area contributed by atoms with E-state index in [-0.39, 0.29) is 5.88 Å². The van der Waals surface area contributed by atoms with Gasteiger partial charge in [0, 0.05) is 44.5 Å². The summed E-state index contributed by atoms with van der Waals surface area (Å²) in [5.74, 6) is 2.05. The van der Waals surface area contributed by atoms with Gasteiger partial charge in [-0.1, -0.05) is 0 Å². The van der Waals surface area contributed by atoms with Crippen molar-refractivity contribution in [3.05, 3.63) is 66.4 Å². The number of halogens is 3. The highest BCUT2D eigenvalue weighted by molar-refractivity contribution is 5.71. The highest BCUT2D eigenvalue weighted by atomic mass is 19.4. The van der Waals surface area contributed by atoms with Gasteiger partial charge in [-0.05, 0) is 42.5 Å². The Morgan fingerprint density at radius 1 is 0.861 bits per heavy atom. The molecular formula is C25H24F3N3O5. The van der Waals surface area contributed by atoms with Gasteiger partial charge in [-0.2, -0.15) is 13.2 Å². The van der Waals surface area contributed by atoms with E-state index in [0.717, 1.165) is 17.8 Å². The second-order valence-electron chi connectivity index (χ2n) is 7.84. The number of rotatable bonds is 6. The Morgan fingerprint density at radius 2 is 1.53 bits per heavy atom. The van der Waals surface area contributed by atoms with Gasteiger partial charge in [-0.15, -0.1) is 0 Å². The van der Waals surface area contributed by atoms with Gasteiger partial charge in [-0.25, -0.2) is 9.78 Å². The summed E-state index contributed by atoms with van der Waals surface area (Å²) in [6, 6.07) is 13.8. The molecule has 0 unspecified atom stereocenters. The molecule has 190 valence electrons. The van der Waals surface area contributed by atoms with E-state index in [0.29, 0.717) is 55.4 Å². The van der Waals surface area contributed by atoms with Crippen LogP contribution in [0.15, 0.2) is 60.8 Å². The first-order valence-electron chi connectivity index (χ1n) is 11.0. The smallest absolute Gasteiger partial charge is 0.417 e.